The Morgan fingerprint density at radius 2 is 1.88 bits per heavy atom. The summed E-state index contributed by atoms with van der Waals surface area (Å²) < 4.78 is 1.90. The molecule has 124 valence electrons. The summed E-state index contributed by atoms with van der Waals surface area (Å²) in [7, 11) is 0. The first kappa shape index (κ1) is 15.5. The highest BCUT2D eigenvalue weighted by molar-refractivity contribution is 5.78. The monoisotopic (exact) mass is 329 g/mol. The fraction of sp³-hybridized carbons (Fsp3) is 0.150. The van der Waals surface area contributed by atoms with E-state index >= 15 is 0 Å². The van der Waals surface area contributed by atoms with Crippen molar-refractivity contribution in [2.75, 3.05) is 0 Å². The van der Waals surface area contributed by atoms with E-state index in [4.69, 9.17) is 0 Å². The Morgan fingerprint density at radius 1 is 1.00 bits per heavy atom. The number of aryl methyl sites for hydroxylation is 1. The highest BCUT2D eigenvalue weighted by atomic mass is 15.3. The van der Waals surface area contributed by atoms with E-state index in [1.54, 1.807) is 12.4 Å². The van der Waals surface area contributed by atoms with E-state index in [0.717, 1.165) is 30.0 Å². The lowest BCUT2D eigenvalue weighted by Crippen LogP contribution is -2.12. The van der Waals surface area contributed by atoms with Crippen molar-refractivity contribution in [2.24, 2.45) is 0 Å². The number of nitrogens with one attached hydrogen (secondary N) is 1. The summed E-state index contributed by atoms with van der Waals surface area (Å²) in [5, 5.41) is 9.25. The van der Waals surface area contributed by atoms with Gasteiger partial charge in [0.05, 0.1) is 16.9 Å². The summed E-state index contributed by atoms with van der Waals surface area (Å²) in [6.45, 7) is 3.61. The zero-order valence-electron chi connectivity index (χ0n) is 14.1. The highest BCUT2D eigenvalue weighted by Gasteiger charge is 2.06. The largest absolute Gasteiger partial charge is 0.308 e. The van der Waals surface area contributed by atoms with E-state index in [9.17, 15) is 0 Å². The van der Waals surface area contributed by atoms with Gasteiger partial charge in [-0.2, -0.15) is 5.10 Å². The third kappa shape index (κ3) is 3.41. The Balaban J connectivity index is 1.43. The van der Waals surface area contributed by atoms with Crippen molar-refractivity contribution in [3.05, 3.63) is 84.1 Å². The quantitative estimate of drug-likeness (QED) is 0.609. The number of benzene rings is 1. The molecule has 5 heteroatoms. The van der Waals surface area contributed by atoms with Crippen LogP contribution in [0.4, 0.5) is 0 Å². The van der Waals surface area contributed by atoms with Crippen LogP contribution >= 0.6 is 0 Å². The number of aromatic nitrogens is 4. The summed E-state index contributed by atoms with van der Waals surface area (Å²) in [4.78, 5) is 8.46. The van der Waals surface area contributed by atoms with Gasteiger partial charge in [-0.25, -0.2) is 4.68 Å². The third-order valence-corrected chi connectivity index (χ3v) is 4.24. The summed E-state index contributed by atoms with van der Waals surface area (Å²) >= 11 is 0. The van der Waals surface area contributed by atoms with Gasteiger partial charge in [0.15, 0.2) is 0 Å². The minimum Gasteiger partial charge on any atom is -0.308 e. The molecule has 0 atom stereocenters. The highest BCUT2D eigenvalue weighted by Crippen LogP contribution is 2.14. The number of pyridine rings is 2. The summed E-state index contributed by atoms with van der Waals surface area (Å²) in [6.07, 6.45) is 7.45. The average Bonchev–Trinajstić information content (AvgIpc) is 3.03. The maximum atomic E-state index is 4.59. The lowest BCUT2D eigenvalue weighted by atomic mass is 10.1. The zero-order valence-corrected chi connectivity index (χ0v) is 14.1. The average molecular weight is 329 g/mol. The molecule has 1 N–H and O–H groups in total. The van der Waals surface area contributed by atoms with E-state index in [1.807, 2.05) is 36.0 Å². The van der Waals surface area contributed by atoms with Crippen molar-refractivity contribution in [3.8, 4) is 5.69 Å². The third-order valence-electron chi connectivity index (χ3n) is 4.24. The Morgan fingerprint density at radius 3 is 2.76 bits per heavy atom. The predicted octanol–water partition coefficient (Wildman–Crippen LogP) is 3.41. The Labute approximate surface area is 146 Å². The van der Waals surface area contributed by atoms with Gasteiger partial charge < -0.3 is 5.32 Å². The lowest BCUT2D eigenvalue weighted by molar-refractivity contribution is 0.691. The van der Waals surface area contributed by atoms with Crippen LogP contribution in [0.15, 0.2) is 67.3 Å². The molecule has 0 aliphatic heterocycles. The summed E-state index contributed by atoms with van der Waals surface area (Å²) in [5.74, 6) is 0. The first-order valence-corrected chi connectivity index (χ1v) is 8.29. The molecule has 0 bridgehead atoms. The van der Waals surface area contributed by atoms with Gasteiger partial charge in [0.2, 0.25) is 0 Å². The predicted molar refractivity (Wildman–Crippen MR) is 98.4 cm³/mol. The molecular weight excluding hydrogens is 310 g/mol. The molecule has 0 unspecified atom stereocenters. The van der Waals surface area contributed by atoms with Crippen molar-refractivity contribution in [2.45, 2.75) is 20.0 Å². The molecule has 5 nitrogen and oxygen atoms in total. The fourth-order valence-corrected chi connectivity index (χ4v) is 2.86. The van der Waals surface area contributed by atoms with Crippen LogP contribution in [0.1, 0.15) is 16.8 Å². The zero-order chi connectivity index (χ0) is 17.1. The van der Waals surface area contributed by atoms with Crippen molar-refractivity contribution in [1.29, 1.82) is 0 Å². The molecule has 25 heavy (non-hydrogen) atoms. The van der Waals surface area contributed by atoms with Crippen molar-refractivity contribution >= 4 is 10.9 Å². The van der Waals surface area contributed by atoms with Crippen molar-refractivity contribution in [3.63, 3.8) is 0 Å². The molecule has 0 fully saturated rings. The molecule has 0 radical (unpaired) electrons. The van der Waals surface area contributed by atoms with Gasteiger partial charge in [0.25, 0.3) is 0 Å². The van der Waals surface area contributed by atoms with Crippen LogP contribution < -0.4 is 5.32 Å². The molecule has 0 amide bonds. The van der Waals surface area contributed by atoms with Crippen LogP contribution in [-0.4, -0.2) is 19.7 Å². The molecule has 0 spiro atoms. The first-order valence-electron chi connectivity index (χ1n) is 8.29. The molecule has 3 heterocycles. The van der Waals surface area contributed by atoms with E-state index in [-0.39, 0.29) is 0 Å². The fourth-order valence-electron chi connectivity index (χ4n) is 2.86. The van der Waals surface area contributed by atoms with Gasteiger partial charge >= 0.3 is 0 Å². The standard InChI is InChI=1S/C20H19N5/c1-15-18(14-25(24-15)19-6-9-21-10-7-19)13-22-12-16-4-5-17-3-2-8-23-20(17)11-16/h2-11,14,22H,12-13H2,1H3. The molecule has 1 aromatic carbocycles. The van der Waals surface area contributed by atoms with Crippen LogP contribution in [0, 0.1) is 6.92 Å². The number of nitrogens with zero attached hydrogens (tertiary/aromatic N) is 4. The lowest BCUT2D eigenvalue weighted by Gasteiger charge is -2.05. The second-order valence-corrected chi connectivity index (χ2v) is 6.02. The second-order valence-electron chi connectivity index (χ2n) is 6.02. The number of hydrogen-bond donors (Lipinski definition) is 1. The van der Waals surface area contributed by atoms with Gasteiger partial charge in [-0.15, -0.1) is 0 Å². The molecule has 0 aliphatic rings. The molecule has 4 rings (SSSR count). The second kappa shape index (κ2) is 6.83. The van der Waals surface area contributed by atoms with Gasteiger partial charge in [-0.05, 0) is 36.8 Å². The Kier molecular flexibility index (Phi) is 4.23. The van der Waals surface area contributed by atoms with Crippen LogP contribution in [0.25, 0.3) is 16.6 Å². The van der Waals surface area contributed by atoms with Crippen molar-refractivity contribution < 1.29 is 0 Å². The van der Waals surface area contributed by atoms with E-state index in [2.05, 4.69) is 50.8 Å². The first-order chi connectivity index (χ1) is 12.3. The van der Waals surface area contributed by atoms with Crippen LogP contribution in [-0.2, 0) is 13.1 Å². The van der Waals surface area contributed by atoms with E-state index in [0.29, 0.717) is 0 Å². The topological polar surface area (TPSA) is 55.6 Å². The van der Waals surface area contributed by atoms with Gasteiger partial charge in [0, 0.05) is 48.8 Å². The van der Waals surface area contributed by atoms with Crippen LogP contribution in [0.5, 0.6) is 0 Å². The maximum absolute atomic E-state index is 4.59. The molecule has 0 saturated carbocycles. The number of fused-ring (bicyclic) bond motifs is 1. The van der Waals surface area contributed by atoms with Crippen LogP contribution in [0.3, 0.4) is 0 Å². The van der Waals surface area contributed by atoms with E-state index < -0.39 is 0 Å². The molecule has 0 saturated heterocycles. The number of hydrogen-bond acceptors (Lipinski definition) is 4. The Hall–Kier alpha value is -3.05. The molecular formula is C20H19N5. The normalized spacial score (nSPS) is 11.1. The van der Waals surface area contributed by atoms with Crippen LogP contribution in [0.2, 0.25) is 0 Å². The minimum atomic E-state index is 0.775. The molecule has 3 aromatic heterocycles. The Bertz CT molecular complexity index is 991. The summed E-state index contributed by atoms with van der Waals surface area (Å²) in [6, 6.07) is 14.3. The molecule has 4 aromatic rings. The van der Waals surface area contributed by atoms with Gasteiger partial charge in [0.1, 0.15) is 0 Å². The van der Waals surface area contributed by atoms with Crippen molar-refractivity contribution in [1.82, 2.24) is 25.1 Å². The molecule has 0 aliphatic carbocycles. The van der Waals surface area contributed by atoms with Gasteiger partial charge in [-0.3, -0.25) is 9.97 Å². The SMILES string of the molecule is Cc1nn(-c2ccncc2)cc1CNCc1ccc2cccnc2c1. The smallest absolute Gasteiger partial charge is 0.0705 e. The maximum Gasteiger partial charge on any atom is 0.0705 e. The minimum absolute atomic E-state index is 0.775. The summed E-state index contributed by atoms with van der Waals surface area (Å²) in [5.41, 5.74) is 5.50. The van der Waals surface area contributed by atoms with Gasteiger partial charge in [-0.1, -0.05) is 18.2 Å². The van der Waals surface area contributed by atoms with E-state index in [1.165, 1.54) is 16.5 Å². The number of rotatable bonds is 5.